The highest BCUT2D eigenvalue weighted by molar-refractivity contribution is 7.93. The monoisotopic (exact) mass is 571 g/mol. The lowest BCUT2D eigenvalue weighted by Gasteiger charge is -2.32. The van der Waals surface area contributed by atoms with Crippen LogP contribution in [0.1, 0.15) is 71.4 Å². The first-order valence-electron chi connectivity index (χ1n) is 14.2. The Balaban J connectivity index is 1.67. The van der Waals surface area contributed by atoms with Gasteiger partial charge in [-0.2, -0.15) is 5.26 Å². The molecule has 10 heteroatoms. The number of rotatable bonds is 6. The maximum Gasteiger partial charge on any atom is 0.224 e. The predicted octanol–water partition coefficient (Wildman–Crippen LogP) is 5.44. The van der Waals surface area contributed by atoms with Crippen molar-refractivity contribution >= 4 is 21.3 Å². The molecule has 40 heavy (non-hydrogen) atoms. The third-order valence-electron chi connectivity index (χ3n) is 8.06. The summed E-state index contributed by atoms with van der Waals surface area (Å²) in [4.78, 5) is 20.6. The first-order valence-corrected chi connectivity index (χ1v) is 16.0. The van der Waals surface area contributed by atoms with Gasteiger partial charge < -0.3 is 14.6 Å². The van der Waals surface area contributed by atoms with Crippen LogP contribution in [0.25, 0.3) is 11.3 Å². The van der Waals surface area contributed by atoms with E-state index in [0.29, 0.717) is 54.8 Å². The number of halogens is 1. The van der Waals surface area contributed by atoms with E-state index in [-0.39, 0.29) is 29.6 Å². The molecule has 8 nitrogen and oxygen atoms in total. The molecule has 2 aliphatic rings. The number of amides is 1. The molecule has 1 aliphatic heterocycles. The minimum atomic E-state index is -2.10. The second-order valence-corrected chi connectivity index (χ2v) is 15.1. The van der Waals surface area contributed by atoms with Crippen LogP contribution in [0, 0.1) is 23.2 Å². The summed E-state index contributed by atoms with van der Waals surface area (Å²) in [6, 6.07) is 9.54. The number of carbonyl (C=O) groups is 1. The maximum atomic E-state index is 14.7. The lowest BCUT2D eigenvalue weighted by molar-refractivity contribution is -0.128. The van der Waals surface area contributed by atoms with Crippen molar-refractivity contribution in [2.45, 2.75) is 77.4 Å². The van der Waals surface area contributed by atoms with Gasteiger partial charge in [0.25, 0.3) is 0 Å². The number of oxazole rings is 1. The second kappa shape index (κ2) is 11.9. The van der Waals surface area contributed by atoms with E-state index < -0.39 is 27.9 Å². The number of hydrogen-bond acceptors (Lipinski definition) is 7. The number of benzene rings is 1. The van der Waals surface area contributed by atoms with E-state index in [1.807, 2.05) is 58.9 Å². The van der Waals surface area contributed by atoms with Crippen molar-refractivity contribution in [3.63, 3.8) is 0 Å². The Morgan fingerprint density at radius 1 is 1.23 bits per heavy atom. The smallest absolute Gasteiger partial charge is 0.224 e. The van der Waals surface area contributed by atoms with Crippen molar-refractivity contribution in [3.8, 4) is 17.4 Å². The molecule has 1 aliphatic carbocycles. The van der Waals surface area contributed by atoms with Crippen LogP contribution in [0.4, 0.5) is 10.1 Å². The van der Waals surface area contributed by atoms with E-state index >= 15 is 0 Å². The molecule has 1 saturated carbocycles. The van der Waals surface area contributed by atoms with Crippen LogP contribution in [0.3, 0.4) is 0 Å². The average Bonchev–Trinajstić information content (AvgIpc) is 3.38. The van der Waals surface area contributed by atoms with Crippen molar-refractivity contribution in [2.75, 3.05) is 36.5 Å². The molecule has 218 valence electrons. The summed E-state index contributed by atoms with van der Waals surface area (Å²) in [5.41, 5.74) is 2.18. The molecular weight excluding hydrogens is 529 g/mol. The molecule has 0 unspecified atom stereocenters. The number of nitriles is 1. The van der Waals surface area contributed by atoms with Gasteiger partial charge in [-0.25, -0.2) is 17.9 Å². The highest BCUT2D eigenvalue weighted by Gasteiger charge is 2.41. The lowest BCUT2D eigenvalue weighted by atomic mass is 9.75. The van der Waals surface area contributed by atoms with E-state index in [0.717, 1.165) is 11.3 Å². The van der Waals surface area contributed by atoms with Crippen LogP contribution < -0.4 is 10.2 Å². The van der Waals surface area contributed by atoms with E-state index in [1.165, 1.54) is 0 Å². The van der Waals surface area contributed by atoms with Crippen molar-refractivity contribution in [1.82, 2.24) is 10.3 Å². The van der Waals surface area contributed by atoms with E-state index in [9.17, 15) is 18.7 Å². The number of alkyl halides is 1. The molecule has 2 heterocycles. The summed E-state index contributed by atoms with van der Waals surface area (Å²) in [7, 11) is -0.464. The molecule has 0 bridgehead atoms. The van der Waals surface area contributed by atoms with Gasteiger partial charge in [-0.05, 0) is 49.4 Å². The summed E-state index contributed by atoms with van der Waals surface area (Å²) in [5, 5.41) is 12.4. The van der Waals surface area contributed by atoms with Gasteiger partial charge in [-0.1, -0.05) is 34.6 Å². The van der Waals surface area contributed by atoms with Crippen LogP contribution in [0.5, 0.6) is 0 Å². The molecule has 1 aromatic carbocycles. The minimum absolute atomic E-state index is 0.0616. The highest BCUT2D eigenvalue weighted by Crippen LogP contribution is 2.44. The van der Waals surface area contributed by atoms with Gasteiger partial charge in [-0.15, -0.1) is 0 Å². The van der Waals surface area contributed by atoms with Crippen LogP contribution >= 0.6 is 0 Å². The Kier molecular flexibility index (Phi) is 8.93. The number of aromatic nitrogens is 1. The van der Waals surface area contributed by atoms with Gasteiger partial charge >= 0.3 is 0 Å². The van der Waals surface area contributed by atoms with Crippen molar-refractivity contribution < 1.29 is 17.8 Å². The van der Waals surface area contributed by atoms with Crippen molar-refractivity contribution in [3.05, 3.63) is 35.9 Å². The van der Waals surface area contributed by atoms with Gasteiger partial charge in [0.15, 0.2) is 5.76 Å². The fourth-order valence-corrected chi connectivity index (χ4v) is 7.02. The Morgan fingerprint density at radius 2 is 1.88 bits per heavy atom. The van der Waals surface area contributed by atoms with Gasteiger partial charge in [0.05, 0.1) is 11.8 Å². The van der Waals surface area contributed by atoms with Gasteiger partial charge in [-0.3, -0.25) is 4.79 Å². The Hall–Kier alpha value is -2.93. The standard InChI is InChI=1S/C30H42FN5O3S/c1-19(2)25(18-32)34-28(37)24-17-21(31)9-12-23(24)26-27(39-29(35-26)30(3,4)5)20-7-10-22(11-8-20)36-13-15-40(38,33-6)16-14-36/h7-8,10-11,19,21,23-25H,9,12-17H2,1-6H3,(H,34,37)/t21-,23+,24+,25+/m0/s1. The average molecular weight is 572 g/mol. The minimum Gasteiger partial charge on any atom is -0.440 e. The van der Waals surface area contributed by atoms with Crippen LogP contribution in [0.15, 0.2) is 33.0 Å². The van der Waals surface area contributed by atoms with E-state index in [2.05, 4.69) is 20.6 Å². The molecular formula is C30H42FN5O3S. The number of nitrogens with one attached hydrogen (secondary N) is 1. The lowest BCUT2D eigenvalue weighted by Crippen LogP contribution is -2.44. The first kappa shape index (κ1) is 30.0. The fourth-order valence-electron chi connectivity index (χ4n) is 5.44. The van der Waals surface area contributed by atoms with Crippen LogP contribution in [0.2, 0.25) is 0 Å². The second-order valence-electron chi connectivity index (χ2n) is 12.4. The van der Waals surface area contributed by atoms with Crippen LogP contribution in [-0.2, 0) is 19.9 Å². The summed E-state index contributed by atoms with van der Waals surface area (Å²) < 4.78 is 37.7. The molecule has 1 N–H and O–H groups in total. The number of anilines is 1. The van der Waals surface area contributed by atoms with Crippen LogP contribution in [-0.4, -0.2) is 59.0 Å². The molecule has 1 saturated heterocycles. The topological polar surface area (TPSA) is 112 Å². The summed E-state index contributed by atoms with van der Waals surface area (Å²) in [6.45, 7) is 11.2. The van der Waals surface area contributed by atoms with Gasteiger partial charge in [0.1, 0.15) is 12.2 Å². The zero-order chi connectivity index (χ0) is 29.2. The number of nitrogens with zero attached hydrogens (tertiary/aromatic N) is 4. The summed E-state index contributed by atoms with van der Waals surface area (Å²) in [6.07, 6.45) is -0.179. The molecule has 4 rings (SSSR count). The molecule has 4 atom stereocenters. The molecule has 2 aromatic rings. The first-order chi connectivity index (χ1) is 18.8. The normalized spacial score (nSPS) is 23.9. The molecule has 0 spiro atoms. The quantitative estimate of drug-likeness (QED) is 0.494. The fraction of sp³-hybridized carbons (Fsp3) is 0.633. The molecule has 1 amide bonds. The molecule has 2 fully saturated rings. The molecule has 0 radical (unpaired) electrons. The van der Waals surface area contributed by atoms with Crippen molar-refractivity contribution in [1.29, 1.82) is 5.26 Å². The number of carbonyl (C=O) groups excluding carboxylic acids is 1. The largest absolute Gasteiger partial charge is 0.440 e. The highest BCUT2D eigenvalue weighted by atomic mass is 32.2. The SMILES string of the molecule is CN=S1(=O)CCN(c2ccc(-c3oc(C(C)(C)C)nc3[C@@H]3CC[C@H](F)C[C@H]3C(=O)N[C@H](C#N)C(C)C)cc2)CC1. The zero-order valence-electron chi connectivity index (χ0n) is 24.4. The van der Waals surface area contributed by atoms with E-state index in [1.54, 1.807) is 7.05 Å². The Morgan fingerprint density at radius 3 is 2.42 bits per heavy atom. The Bertz CT molecular complexity index is 1350. The third kappa shape index (κ3) is 6.51. The maximum absolute atomic E-state index is 14.7. The third-order valence-corrected chi connectivity index (χ3v) is 10.4. The summed E-state index contributed by atoms with van der Waals surface area (Å²) in [5.74, 6) is 0.913. The van der Waals surface area contributed by atoms with Gasteiger partial charge in [0.2, 0.25) is 11.8 Å². The Labute approximate surface area is 237 Å². The van der Waals surface area contributed by atoms with Crippen molar-refractivity contribution in [2.24, 2.45) is 16.2 Å². The van der Waals surface area contributed by atoms with E-state index in [4.69, 9.17) is 9.40 Å². The summed E-state index contributed by atoms with van der Waals surface area (Å²) >= 11 is 0. The molecule has 1 aromatic heterocycles. The van der Waals surface area contributed by atoms with Gasteiger partial charge in [0, 0.05) is 69.9 Å². The predicted molar refractivity (Wildman–Crippen MR) is 156 cm³/mol. The number of hydrogen-bond donors (Lipinski definition) is 1. The zero-order valence-corrected chi connectivity index (χ0v) is 25.3.